The van der Waals surface area contributed by atoms with Gasteiger partial charge < -0.3 is 9.30 Å². The number of ether oxygens (including phenoxy) is 1. The Labute approximate surface area is 194 Å². The second-order valence-corrected chi connectivity index (χ2v) is 8.70. The van der Waals surface area contributed by atoms with E-state index in [0.29, 0.717) is 28.4 Å². The van der Waals surface area contributed by atoms with Crippen molar-refractivity contribution in [2.45, 2.75) is 30.5 Å². The Morgan fingerprint density at radius 2 is 1.94 bits per heavy atom. The van der Waals surface area contributed by atoms with E-state index >= 15 is 0 Å². The molecule has 1 aliphatic rings. The summed E-state index contributed by atoms with van der Waals surface area (Å²) in [5, 5.41) is 9.72. The van der Waals surface area contributed by atoms with Crippen molar-refractivity contribution < 1.29 is 14.3 Å². The van der Waals surface area contributed by atoms with Crippen LogP contribution in [0.3, 0.4) is 0 Å². The van der Waals surface area contributed by atoms with E-state index in [-0.39, 0.29) is 17.2 Å². The third-order valence-electron chi connectivity index (χ3n) is 4.93. The molecule has 1 fully saturated rings. The maximum Gasteiger partial charge on any atom is 0.273 e. The molecule has 2 amide bonds. The number of carbonyl (C=O) groups is 2. The third kappa shape index (κ3) is 5.41. The SMILES string of the molecule is COc1ccc(Cl)cc1C(=O)NNC(=O)CSc1nnc(C2CC2)n1Cc1ccccc1. The van der Waals surface area contributed by atoms with Crippen LogP contribution in [-0.4, -0.2) is 39.4 Å². The second-order valence-electron chi connectivity index (χ2n) is 7.32. The molecule has 0 saturated heterocycles. The van der Waals surface area contributed by atoms with Crippen LogP contribution in [0.4, 0.5) is 0 Å². The molecule has 1 saturated carbocycles. The Balaban J connectivity index is 1.36. The van der Waals surface area contributed by atoms with E-state index in [9.17, 15) is 9.59 Å². The number of aromatic nitrogens is 3. The van der Waals surface area contributed by atoms with Crippen molar-refractivity contribution in [2.24, 2.45) is 0 Å². The number of nitrogens with one attached hydrogen (secondary N) is 2. The summed E-state index contributed by atoms with van der Waals surface area (Å²) in [6.45, 7) is 0.648. The Hall–Kier alpha value is -3.04. The highest BCUT2D eigenvalue weighted by molar-refractivity contribution is 7.99. The number of hydrazine groups is 1. The van der Waals surface area contributed by atoms with Crippen molar-refractivity contribution in [3.63, 3.8) is 0 Å². The molecule has 4 rings (SSSR count). The van der Waals surface area contributed by atoms with Gasteiger partial charge in [-0.1, -0.05) is 53.7 Å². The molecule has 1 heterocycles. The van der Waals surface area contributed by atoms with Gasteiger partial charge in [0.05, 0.1) is 25.0 Å². The second kappa shape index (κ2) is 10.1. The number of carbonyl (C=O) groups excluding carboxylic acids is 2. The number of benzene rings is 2. The Kier molecular flexibility index (Phi) is 6.96. The summed E-state index contributed by atoms with van der Waals surface area (Å²) >= 11 is 7.24. The molecule has 166 valence electrons. The van der Waals surface area contributed by atoms with Crippen LogP contribution in [0.1, 0.15) is 40.5 Å². The van der Waals surface area contributed by atoms with Gasteiger partial charge in [-0.2, -0.15) is 0 Å². The number of hydrogen-bond donors (Lipinski definition) is 2. The molecular formula is C22H22ClN5O3S. The van der Waals surface area contributed by atoms with E-state index in [1.165, 1.54) is 24.9 Å². The first-order chi connectivity index (χ1) is 15.5. The zero-order valence-electron chi connectivity index (χ0n) is 17.4. The summed E-state index contributed by atoms with van der Waals surface area (Å²) in [5.41, 5.74) is 6.18. The fraction of sp³-hybridized carbons (Fsp3) is 0.273. The molecule has 2 N–H and O–H groups in total. The molecule has 10 heteroatoms. The van der Waals surface area contributed by atoms with E-state index in [2.05, 4.69) is 37.7 Å². The van der Waals surface area contributed by atoms with Crippen LogP contribution in [0.25, 0.3) is 0 Å². The van der Waals surface area contributed by atoms with Crippen LogP contribution in [-0.2, 0) is 11.3 Å². The Bertz CT molecular complexity index is 1120. The summed E-state index contributed by atoms with van der Waals surface area (Å²) in [7, 11) is 1.46. The average molecular weight is 472 g/mol. The third-order valence-corrected chi connectivity index (χ3v) is 6.13. The van der Waals surface area contributed by atoms with Crippen LogP contribution in [0.15, 0.2) is 53.7 Å². The quantitative estimate of drug-likeness (QED) is 0.386. The standard InChI is InChI=1S/C22H22ClN5O3S/c1-31-18-10-9-16(23)11-17(18)21(30)26-24-19(29)13-32-22-27-25-20(15-7-8-15)28(22)12-14-5-3-2-4-6-14/h2-6,9-11,15H,7-8,12-13H2,1H3,(H,24,29)(H,26,30). The number of hydrogen-bond acceptors (Lipinski definition) is 6. The molecular weight excluding hydrogens is 450 g/mol. The van der Waals surface area contributed by atoms with E-state index in [4.69, 9.17) is 16.3 Å². The summed E-state index contributed by atoms with van der Waals surface area (Å²) < 4.78 is 7.24. The zero-order valence-corrected chi connectivity index (χ0v) is 18.9. The van der Waals surface area contributed by atoms with Crippen molar-refractivity contribution >= 4 is 35.2 Å². The lowest BCUT2D eigenvalue weighted by Gasteiger charge is -2.11. The molecule has 1 aromatic heterocycles. The fourth-order valence-corrected chi connectivity index (χ4v) is 4.10. The fourth-order valence-electron chi connectivity index (χ4n) is 3.18. The number of rotatable bonds is 8. The minimum absolute atomic E-state index is 0.0740. The summed E-state index contributed by atoms with van der Waals surface area (Å²) in [5.74, 6) is 0.930. The van der Waals surface area contributed by atoms with Crippen LogP contribution >= 0.6 is 23.4 Å². The largest absolute Gasteiger partial charge is 0.496 e. The zero-order chi connectivity index (χ0) is 22.5. The highest BCUT2D eigenvalue weighted by atomic mass is 35.5. The Morgan fingerprint density at radius 1 is 1.16 bits per heavy atom. The molecule has 1 aliphatic carbocycles. The van der Waals surface area contributed by atoms with Gasteiger partial charge in [0.15, 0.2) is 5.16 Å². The smallest absolute Gasteiger partial charge is 0.273 e. The maximum absolute atomic E-state index is 12.4. The van der Waals surface area contributed by atoms with Gasteiger partial charge in [0.1, 0.15) is 11.6 Å². The lowest BCUT2D eigenvalue weighted by atomic mass is 10.2. The van der Waals surface area contributed by atoms with Crippen LogP contribution in [0, 0.1) is 0 Å². The first-order valence-electron chi connectivity index (χ1n) is 10.1. The number of amides is 2. The van der Waals surface area contributed by atoms with Crippen molar-refractivity contribution in [1.82, 2.24) is 25.6 Å². The summed E-state index contributed by atoms with van der Waals surface area (Å²) in [6, 6.07) is 14.8. The van der Waals surface area contributed by atoms with Gasteiger partial charge in [0, 0.05) is 10.9 Å². The monoisotopic (exact) mass is 471 g/mol. The molecule has 0 radical (unpaired) electrons. The molecule has 3 aromatic rings. The molecule has 2 aromatic carbocycles. The normalized spacial score (nSPS) is 12.9. The predicted octanol–water partition coefficient (Wildman–Crippen LogP) is 3.42. The average Bonchev–Trinajstić information content (AvgIpc) is 3.58. The van der Waals surface area contributed by atoms with E-state index < -0.39 is 5.91 Å². The van der Waals surface area contributed by atoms with Crippen LogP contribution in [0.2, 0.25) is 5.02 Å². The first kappa shape index (κ1) is 22.2. The minimum atomic E-state index is -0.522. The predicted molar refractivity (Wildman–Crippen MR) is 122 cm³/mol. The minimum Gasteiger partial charge on any atom is -0.496 e. The molecule has 8 nitrogen and oxygen atoms in total. The number of thioether (sulfide) groups is 1. The van der Waals surface area contributed by atoms with Crippen molar-refractivity contribution in [3.05, 3.63) is 70.5 Å². The van der Waals surface area contributed by atoms with E-state index in [1.807, 2.05) is 18.2 Å². The van der Waals surface area contributed by atoms with E-state index in [0.717, 1.165) is 24.2 Å². The van der Waals surface area contributed by atoms with Gasteiger partial charge in [-0.25, -0.2) is 0 Å². The van der Waals surface area contributed by atoms with Crippen molar-refractivity contribution in [2.75, 3.05) is 12.9 Å². The number of nitrogens with zero attached hydrogens (tertiary/aromatic N) is 3. The first-order valence-corrected chi connectivity index (χ1v) is 11.4. The highest BCUT2D eigenvalue weighted by Gasteiger charge is 2.30. The Morgan fingerprint density at radius 3 is 2.66 bits per heavy atom. The van der Waals surface area contributed by atoms with Gasteiger partial charge >= 0.3 is 0 Å². The lowest BCUT2D eigenvalue weighted by molar-refractivity contribution is -0.119. The van der Waals surface area contributed by atoms with Gasteiger partial charge in [0.25, 0.3) is 5.91 Å². The molecule has 0 atom stereocenters. The van der Waals surface area contributed by atoms with Gasteiger partial charge in [0.2, 0.25) is 5.91 Å². The van der Waals surface area contributed by atoms with Crippen molar-refractivity contribution in [3.8, 4) is 5.75 Å². The molecule has 0 aliphatic heterocycles. The summed E-state index contributed by atoms with van der Waals surface area (Å²) in [4.78, 5) is 24.7. The maximum atomic E-state index is 12.4. The highest BCUT2D eigenvalue weighted by Crippen LogP contribution is 2.40. The van der Waals surface area contributed by atoms with Gasteiger partial charge in [-0.15, -0.1) is 10.2 Å². The van der Waals surface area contributed by atoms with Gasteiger partial charge in [-0.05, 0) is 36.6 Å². The van der Waals surface area contributed by atoms with Crippen LogP contribution in [0.5, 0.6) is 5.75 Å². The van der Waals surface area contributed by atoms with E-state index in [1.54, 1.807) is 12.1 Å². The summed E-state index contributed by atoms with van der Waals surface area (Å²) in [6.07, 6.45) is 2.22. The molecule has 0 unspecified atom stereocenters. The number of halogens is 1. The molecule has 0 bridgehead atoms. The van der Waals surface area contributed by atoms with Crippen molar-refractivity contribution in [1.29, 1.82) is 0 Å². The molecule has 0 spiro atoms. The van der Waals surface area contributed by atoms with Gasteiger partial charge in [-0.3, -0.25) is 20.4 Å². The topological polar surface area (TPSA) is 98.1 Å². The molecule has 32 heavy (non-hydrogen) atoms. The lowest BCUT2D eigenvalue weighted by Crippen LogP contribution is -2.42. The number of methoxy groups -OCH3 is 1. The van der Waals surface area contributed by atoms with Crippen LogP contribution < -0.4 is 15.6 Å².